The molecule has 0 unspecified atom stereocenters. The van der Waals surface area contributed by atoms with Gasteiger partial charge in [0.15, 0.2) is 0 Å². The van der Waals surface area contributed by atoms with Crippen molar-refractivity contribution < 1.29 is 23.1 Å². The molecule has 0 aliphatic heterocycles. The molecular formula is C16H22F3N3O2. The van der Waals surface area contributed by atoms with E-state index in [1.165, 1.54) is 12.1 Å². The molecular weight excluding hydrogens is 323 g/mol. The number of urea groups is 1. The number of nitrogens with zero attached hydrogens (tertiary/aromatic N) is 1. The highest BCUT2D eigenvalue weighted by molar-refractivity contribution is 5.90. The maximum Gasteiger partial charge on any atom is 0.418 e. The molecule has 1 aliphatic carbocycles. The van der Waals surface area contributed by atoms with Crippen LogP contribution in [0.25, 0.3) is 0 Å². The van der Waals surface area contributed by atoms with Gasteiger partial charge in [-0.3, -0.25) is 0 Å². The minimum atomic E-state index is -4.57. The van der Waals surface area contributed by atoms with Gasteiger partial charge in [0.25, 0.3) is 0 Å². The Hall–Kier alpha value is -1.96. The molecule has 134 valence electrons. The predicted octanol–water partition coefficient (Wildman–Crippen LogP) is 3.05. The highest BCUT2D eigenvalue weighted by Crippen LogP contribution is 2.37. The Balaban J connectivity index is 2.06. The topological polar surface area (TPSA) is 64.6 Å². The molecule has 3 N–H and O–H groups in total. The third-order valence-electron chi connectivity index (χ3n) is 4.22. The van der Waals surface area contributed by atoms with Crippen molar-refractivity contribution in [2.75, 3.05) is 30.9 Å². The minimum Gasteiger partial charge on any atom is -0.393 e. The van der Waals surface area contributed by atoms with Crippen molar-refractivity contribution in [1.29, 1.82) is 0 Å². The summed E-state index contributed by atoms with van der Waals surface area (Å²) in [6.45, 7) is 0.240. The molecule has 2 atom stereocenters. The molecule has 2 amide bonds. The Labute approximate surface area is 138 Å². The SMILES string of the molecule is CN(C)c1ccc(NC(=O)NC[C@@H]2CCC[C@@H]2O)c(C(F)(F)F)c1. The lowest BCUT2D eigenvalue weighted by atomic mass is 10.1. The molecule has 1 fully saturated rings. The van der Waals surface area contributed by atoms with Crippen molar-refractivity contribution in [3.63, 3.8) is 0 Å². The Kier molecular flexibility index (Phi) is 5.58. The Morgan fingerprint density at radius 3 is 2.58 bits per heavy atom. The number of benzene rings is 1. The van der Waals surface area contributed by atoms with Crippen molar-refractivity contribution in [3.8, 4) is 0 Å². The number of rotatable bonds is 4. The van der Waals surface area contributed by atoms with Crippen molar-refractivity contribution in [2.45, 2.75) is 31.5 Å². The van der Waals surface area contributed by atoms with E-state index >= 15 is 0 Å². The van der Waals surface area contributed by atoms with Crippen LogP contribution in [0.5, 0.6) is 0 Å². The van der Waals surface area contributed by atoms with E-state index in [-0.39, 0.29) is 18.2 Å². The molecule has 1 aliphatic rings. The second-order valence-corrected chi connectivity index (χ2v) is 6.22. The van der Waals surface area contributed by atoms with Gasteiger partial charge >= 0.3 is 12.2 Å². The first-order valence-corrected chi connectivity index (χ1v) is 7.80. The smallest absolute Gasteiger partial charge is 0.393 e. The highest BCUT2D eigenvalue weighted by Gasteiger charge is 2.34. The fourth-order valence-corrected chi connectivity index (χ4v) is 2.80. The second-order valence-electron chi connectivity index (χ2n) is 6.22. The summed E-state index contributed by atoms with van der Waals surface area (Å²) in [6.07, 6.45) is -2.66. The number of hydrogen-bond donors (Lipinski definition) is 3. The molecule has 0 bridgehead atoms. The van der Waals surface area contributed by atoms with Gasteiger partial charge in [0, 0.05) is 32.2 Å². The fourth-order valence-electron chi connectivity index (χ4n) is 2.80. The summed E-state index contributed by atoms with van der Waals surface area (Å²) in [5.41, 5.74) is -0.801. The minimum absolute atomic E-state index is 0.0473. The van der Waals surface area contributed by atoms with Crippen LogP contribution in [0.15, 0.2) is 18.2 Å². The number of aliphatic hydroxyl groups is 1. The van der Waals surface area contributed by atoms with Gasteiger partial charge in [0.1, 0.15) is 0 Å². The van der Waals surface area contributed by atoms with Crippen LogP contribution < -0.4 is 15.5 Å². The van der Waals surface area contributed by atoms with Crippen molar-refractivity contribution in [3.05, 3.63) is 23.8 Å². The quantitative estimate of drug-likeness (QED) is 0.786. The number of carbonyl (C=O) groups is 1. The van der Waals surface area contributed by atoms with Crippen LogP contribution in [0, 0.1) is 5.92 Å². The zero-order valence-electron chi connectivity index (χ0n) is 13.7. The van der Waals surface area contributed by atoms with Crippen molar-refractivity contribution in [1.82, 2.24) is 5.32 Å². The first-order chi connectivity index (χ1) is 11.2. The van der Waals surface area contributed by atoms with E-state index in [1.807, 2.05) is 0 Å². The molecule has 24 heavy (non-hydrogen) atoms. The van der Waals surface area contributed by atoms with Crippen LogP contribution in [0.3, 0.4) is 0 Å². The highest BCUT2D eigenvalue weighted by atomic mass is 19.4. The number of anilines is 2. The molecule has 8 heteroatoms. The van der Waals surface area contributed by atoms with Gasteiger partial charge in [0.2, 0.25) is 0 Å². The van der Waals surface area contributed by atoms with Gasteiger partial charge in [-0.1, -0.05) is 6.42 Å². The van der Waals surface area contributed by atoms with Gasteiger partial charge in [-0.2, -0.15) is 13.2 Å². The molecule has 0 aromatic heterocycles. The Morgan fingerprint density at radius 2 is 2.04 bits per heavy atom. The Bertz CT molecular complexity index is 590. The third-order valence-corrected chi connectivity index (χ3v) is 4.22. The number of hydrogen-bond acceptors (Lipinski definition) is 3. The molecule has 5 nitrogen and oxygen atoms in total. The van der Waals surface area contributed by atoms with Crippen molar-refractivity contribution >= 4 is 17.4 Å². The molecule has 0 heterocycles. The third kappa shape index (κ3) is 4.53. The van der Waals surface area contributed by atoms with Crippen LogP contribution in [0.2, 0.25) is 0 Å². The molecule has 2 rings (SSSR count). The summed E-state index contributed by atoms with van der Waals surface area (Å²) >= 11 is 0. The normalized spacial score (nSPS) is 20.8. The maximum absolute atomic E-state index is 13.2. The Morgan fingerprint density at radius 1 is 1.33 bits per heavy atom. The van der Waals surface area contributed by atoms with Gasteiger partial charge in [0.05, 0.1) is 17.4 Å². The monoisotopic (exact) mass is 345 g/mol. The molecule has 0 radical (unpaired) electrons. The molecule has 1 aromatic rings. The lowest BCUT2D eigenvalue weighted by Gasteiger charge is -2.19. The number of alkyl halides is 3. The molecule has 1 aromatic carbocycles. The van der Waals surface area contributed by atoms with Crippen LogP contribution in [0.4, 0.5) is 29.3 Å². The summed E-state index contributed by atoms with van der Waals surface area (Å²) in [5, 5.41) is 14.5. The molecule has 0 saturated heterocycles. The van der Waals surface area contributed by atoms with Gasteiger partial charge in [-0.15, -0.1) is 0 Å². The number of nitrogens with one attached hydrogen (secondary N) is 2. The van der Waals surface area contributed by atoms with Gasteiger partial charge in [-0.25, -0.2) is 4.79 Å². The number of carbonyl (C=O) groups excluding carboxylic acids is 1. The molecule has 1 saturated carbocycles. The summed E-state index contributed by atoms with van der Waals surface area (Å²) in [7, 11) is 3.28. The molecule has 0 spiro atoms. The first kappa shape index (κ1) is 18.4. The first-order valence-electron chi connectivity index (χ1n) is 7.80. The zero-order valence-corrected chi connectivity index (χ0v) is 13.7. The second kappa shape index (κ2) is 7.29. The van der Waals surface area contributed by atoms with E-state index in [9.17, 15) is 23.1 Å². The fraction of sp³-hybridized carbons (Fsp3) is 0.562. The van der Waals surface area contributed by atoms with Gasteiger partial charge in [-0.05, 0) is 31.0 Å². The van der Waals surface area contributed by atoms with E-state index < -0.39 is 23.9 Å². The average molecular weight is 345 g/mol. The van der Waals surface area contributed by atoms with Crippen LogP contribution >= 0.6 is 0 Å². The van der Waals surface area contributed by atoms with E-state index in [1.54, 1.807) is 19.0 Å². The zero-order chi connectivity index (χ0) is 17.9. The summed E-state index contributed by atoms with van der Waals surface area (Å²) in [4.78, 5) is 13.4. The van der Waals surface area contributed by atoms with Crippen LogP contribution in [-0.2, 0) is 6.18 Å². The van der Waals surface area contributed by atoms with E-state index in [2.05, 4.69) is 10.6 Å². The lowest BCUT2D eigenvalue weighted by Crippen LogP contribution is -2.35. The van der Waals surface area contributed by atoms with E-state index in [0.717, 1.165) is 18.9 Å². The van der Waals surface area contributed by atoms with Gasteiger partial charge < -0.3 is 20.6 Å². The standard InChI is InChI=1S/C16H22F3N3O2/c1-22(2)11-6-7-13(12(8-11)16(17,18)19)21-15(24)20-9-10-4-3-5-14(10)23/h6-8,10,14,23H,3-5,9H2,1-2H3,(H2,20,21,24)/t10-,14-/m0/s1. The predicted molar refractivity (Wildman–Crippen MR) is 86.1 cm³/mol. The number of halogens is 3. The number of amides is 2. The maximum atomic E-state index is 13.2. The van der Waals surface area contributed by atoms with Crippen LogP contribution in [0.1, 0.15) is 24.8 Å². The van der Waals surface area contributed by atoms with Crippen molar-refractivity contribution in [2.24, 2.45) is 5.92 Å². The summed E-state index contributed by atoms with van der Waals surface area (Å²) in [6, 6.07) is 3.03. The number of aliphatic hydroxyl groups excluding tert-OH is 1. The summed E-state index contributed by atoms with van der Waals surface area (Å²) < 4.78 is 39.6. The van der Waals surface area contributed by atoms with E-state index in [0.29, 0.717) is 12.1 Å². The lowest BCUT2D eigenvalue weighted by molar-refractivity contribution is -0.136. The average Bonchev–Trinajstić information content (AvgIpc) is 2.89. The van der Waals surface area contributed by atoms with E-state index in [4.69, 9.17) is 0 Å². The van der Waals surface area contributed by atoms with Crippen LogP contribution in [-0.4, -0.2) is 37.9 Å². The summed E-state index contributed by atoms with van der Waals surface area (Å²) in [5.74, 6) is -0.0473. The largest absolute Gasteiger partial charge is 0.418 e.